The van der Waals surface area contributed by atoms with Crippen LogP contribution in [-0.4, -0.2) is 43.4 Å². The number of amides is 1. The van der Waals surface area contributed by atoms with Gasteiger partial charge in [-0.2, -0.15) is 0 Å². The largest absolute Gasteiger partial charge is 0.494 e. The number of benzene rings is 3. The van der Waals surface area contributed by atoms with Gasteiger partial charge in [-0.05, 0) is 67.8 Å². The third-order valence-electron chi connectivity index (χ3n) is 6.24. The van der Waals surface area contributed by atoms with Crippen molar-refractivity contribution < 1.29 is 23.7 Å². The zero-order chi connectivity index (χ0) is 27.1. The molecule has 0 aliphatic heterocycles. The van der Waals surface area contributed by atoms with E-state index in [-0.39, 0.29) is 12.5 Å². The molecule has 0 aliphatic carbocycles. The Morgan fingerprint density at radius 3 is 2.39 bits per heavy atom. The van der Waals surface area contributed by atoms with Gasteiger partial charge in [-0.15, -0.1) is 0 Å². The van der Waals surface area contributed by atoms with Crippen LogP contribution in [0.15, 0.2) is 54.6 Å². The van der Waals surface area contributed by atoms with Crippen molar-refractivity contribution in [3.05, 3.63) is 76.6 Å². The molecule has 1 N–H and O–H groups in total. The van der Waals surface area contributed by atoms with Gasteiger partial charge >= 0.3 is 0 Å². The zero-order valence-corrected chi connectivity index (χ0v) is 22.8. The summed E-state index contributed by atoms with van der Waals surface area (Å²) >= 11 is 6.10. The van der Waals surface area contributed by atoms with Crippen molar-refractivity contribution in [1.29, 1.82) is 0 Å². The maximum Gasteiger partial charge on any atom is 0.251 e. The predicted molar refractivity (Wildman–Crippen MR) is 148 cm³/mol. The summed E-state index contributed by atoms with van der Waals surface area (Å²) in [6.07, 6.45) is 1.76. The smallest absolute Gasteiger partial charge is 0.251 e. The molecule has 0 unspecified atom stereocenters. The Labute approximate surface area is 227 Å². The van der Waals surface area contributed by atoms with Crippen LogP contribution in [0.1, 0.15) is 34.6 Å². The number of hydrogen-bond donors (Lipinski definition) is 1. The van der Waals surface area contributed by atoms with Gasteiger partial charge in [-0.3, -0.25) is 4.79 Å². The number of aryl methyl sites for hydroxylation is 2. The molecule has 1 amide bonds. The average Bonchev–Trinajstić information content (AvgIpc) is 3.29. The summed E-state index contributed by atoms with van der Waals surface area (Å²) in [5, 5.41) is 3.71. The summed E-state index contributed by atoms with van der Waals surface area (Å²) in [6.45, 7) is 3.58. The molecule has 0 radical (unpaired) electrons. The molecular weight excluding hydrogens is 506 g/mol. The molecule has 8 nitrogen and oxygen atoms in total. The van der Waals surface area contributed by atoms with Crippen molar-refractivity contribution in [2.24, 2.45) is 0 Å². The number of fused-ring (bicyclic) bond motifs is 1. The van der Waals surface area contributed by atoms with E-state index < -0.39 is 0 Å². The molecule has 0 saturated carbocycles. The second kappa shape index (κ2) is 12.6. The molecule has 0 spiro atoms. The highest BCUT2D eigenvalue weighted by atomic mass is 35.5. The summed E-state index contributed by atoms with van der Waals surface area (Å²) in [5.74, 6) is 2.59. The number of aromatic nitrogens is 2. The van der Waals surface area contributed by atoms with E-state index in [1.807, 2.05) is 49.4 Å². The number of para-hydroxylation sites is 2. The van der Waals surface area contributed by atoms with Crippen LogP contribution in [0.5, 0.6) is 23.0 Å². The first-order valence-corrected chi connectivity index (χ1v) is 12.7. The SMILES string of the molecule is COc1cc(C(=O)NCc2nc3ccccc3n2CCCCOc2ccc(Cl)c(C)c2)cc(OC)c1OC. The van der Waals surface area contributed by atoms with Crippen molar-refractivity contribution in [3.8, 4) is 23.0 Å². The normalized spacial score (nSPS) is 10.9. The standard InChI is InChI=1S/C29H32ClN3O5/c1-19-15-21(11-12-22(19)30)38-14-8-7-13-33-24-10-6-5-9-23(24)32-27(33)18-31-29(34)20-16-25(35-2)28(37-4)26(17-20)36-3/h5-6,9-12,15-17H,7-8,13-14,18H2,1-4H3,(H,31,34). The van der Waals surface area contributed by atoms with Crippen LogP contribution >= 0.6 is 11.6 Å². The first kappa shape index (κ1) is 27.1. The third-order valence-corrected chi connectivity index (χ3v) is 6.67. The lowest BCUT2D eigenvalue weighted by Crippen LogP contribution is -2.25. The molecule has 0 saturated heterocycles. The first-order valence-electron chi connectivity index (χ1n) is 12.4. The molecule has 0 atom stereocenters. The summed E-state index contributed by atoms with van der Waals surface area (Å²) in [5.41, 5.74) is 3.31. The van der Waals surface area contributed by atoms with Crippen LogP contribution in [0.25, 0.3) is 11.0 Å². The van der Waals surface area contributed by atoms with Crippen LogP contribution in [0.4, 0.5) is 0 Å². The predicted octanol–water partition coefficient (Wildman–Crippen LogP) is 5.81. The molecule has 1 aromatic heterocycles. The maximum absolute atomic E-state index is 13.0. The summed E-state index contributed by atoms with van der Waals surface area (Å²) in [4.78, 5) is 17.8. The van der Waals surface area contributed by atoms with E-state index in [2.05, 4.69) is 9.88 Å². The van der Waals surface area contributed by atoms with Crippen LogP contribution < -0.4 is 24.3 Å². The highest BCUT2D eigenvalue weighted by molar-refractivity contribution is 6.31. The molecule has 0 bridgehead atoms. The van der Waals surface area contributed by atoms with Crippen molar-refractivity contribution in [1.82, 2.24) is 14.9 Å². The van der Waals surface area contributed by atoms with E-state index in [0.29, 0.717) is 29.4 Å². The average molecular weight is 538 g/mol. The Hall–Kier alpha value is -3.91. The fraction of sp³-hybridized carbons (Fsp3) is 0.310. The first-order chi connectivity index (χ1) is 18.4. The molecule has 0 aliphatic rings. The lowest BCUT2D eigenvalue weighted by atomic mass is 10.1. The molecule has 1 heterocycles. The summed E-state index contributed by atoms with van der Waals surface area (Å²) < 4.78 is 24.1. The third kappa shape index (κ3) is 6.14. The highest BCUT2D eigenvalue weighted by Gasteiger charge is 2.18. The molecule has 38 heavy (non-hydrogen) atoms. The fourth-order valence-electron chi connectivity index (χ4n) is 4.25. The minimum absolute atomic E-state index is 0.269. The summed E-state index contributed by atoms with van der Waals surface area (Å²) in [7, 11) is 4.56. The number of hydrogen-bond acceptors (Lipinski definition) is 6. The van der Waals surface area contributed by atoms with Crippen molar-refractivity contribution in [3.63, 3.8) is 0 Å². The Morgan fingerprint density at radius 2 is 1.71 bits per heavy atom. The van der Waals surface area contributed by atoms with Crippen LogP contribution in [0, 0.1) is 6.92 Å². The van der Waals surface area contributed by atoms with Gasteiger partial charge in [-0.1, -0.05) is 23.7 Å². The van der Waals surface area contributed by atoms with E-state index in [1.165, 1.54) is 21.3 Å². The topological polar surface area (TPSA) is 83.8 Å². The highest BCUT2D eigenvalue weighted by Crippen LogP contribution is 2.38. The molecule has 9 heteroatoms. The van der Waals surface area contributed by atoms with E-state index >= 15 is 0 Å². The van der Waals surface area contributed by atoms with Gasteiger partial charge < -0.3 is 28.8 Å². The van der Waals surface area contributed by atoms with Gasteiger partial charge in [0.05, 0.1) is 45.5 Å². The van der Waals surface area contributed by atoms with Gasteiger partial charge in [0.2, 0.25) is 5.75 Å². The molecule has 0 fully saturated rings. The number of rotatable bonds is 12. The Balaban J connectivity index is 1.42. The van der Waals surface area contributed by atoms with E-state index in [0.717, 1.165) is 52.6 Å². The van der Waals surface area contributed by atoms with Gasteiger partial charge in [-0.25, -0.2) is 4.98 Å². The van der Waals surface area contributed by atoms with Gasteiger partial charge in [0.15, 0.2) is 11.5 Å². The van der Waals surface area contributed by atoms with Crippen molar-refractivity contribution >= 4 is 28.5 Å². The quantitative estimate of drug-likeness (QED) is 0.229. The minimum Gasteiger partial charge on any atom is -0.494 e. The summed E-state index contributed by atoms with van der Waals surface area (Å²) in [6, 6.07) is 16.9. The lowest BCUT2D eigenvalue weighted by molar-refractivity contribution is 0.0948. The van der Waals surface area contributed by atoms with Gasteiger partial charge in [0.1, 0.15) is 11.6 Å². The number of methoxy groups -OCH3 is 3. The Morgan fingerprint density at radius 1 is 0.974 bits per heavy atom. The van der Waals surface area contributed by atoms with Crippen LogP contribution in [-0.2, 0) is 13.1 Å². The van der Waals surface area contributed by atoms with E-state index in [1.54, 1.807) is 12.1 Å². The number of ether oxygens (including phenoxy) is 4. The van der Waals surface area contributed by atoms with Crippen molar-refractivity contribution in [2.75, 3.05) is 27.9 Å². The minimum atomic E-state index is -0.269. The van der Waals surface area contributed by atoms with E-state index in [9.17, 15) is 4.79 Å². The number of halogens is 1. The zero-order valence-electron chi connectivity index (χ0n) is 22.0. The molecule has 3 aromatic carbocycles. The molecule has 4 rings (SSSR count). The monoisotopic (exact) mass is 537 g/mol. The number of carbonyl (C=O) groups excluding carboxylic acids is 1. The number of carbonyl (C=O) groups is 1. The Kier molecular flexibility index (Phi) is 8.97. The molecule has 4 aromatic rings. The molecule has 200 valence electrons. The number of imidazole rings is 1. The second-order valence-corrected chi connectivity index (χ2v) is 9.14. The fourth-order valence-corrected chi connectivity index (χ4v) is 4.37. The number of nitrogens with zero attached hydrogens (tertiary/aromatic N) is 2. The van der Waals surface area contributed by atoms with Crippen LogP contribution in [0.3, 0.4) is 0 Å². The van der Waals surface area contributed by atoms with Gasteiger partial charge in [0, 0.05) is 17.1 Å². The van der Waals surface area contributed by atoms with Gasteiger partial charge in [0.25, 0.3) is 5.91 Å². The number of nitrogens with one attached hydrogen (secondary N) is 1. The number of unbranched alkanes of at least 4 members (excludes halogenated alkanes) is 1. The lowest BCUT2D eigenvalue weighted by Gasteiger charge is -2.14. The second-order valence-electron chi connectivity index (χ2n) is 8.73. The van der Waals surface area contributed by atoms with Crippen molar-refractivity contribution in [2.45, 2.75) is 32.9 Å². The van der Waals surface area contributed by atoms with E-state index in [4.69, 9.17) is 35.5 Å². The maximum atomic E-state index is 13.0. The van der Waals surface area contributed by atoms with Crippen LogP contribution in [0.2, 0.25) is 5.02 Å². The Bertz CT molecular complexity index is 1390. The molecular formula is C29H32ClN3O5.